The van der Waals surface area contributed by atoms with Crippen molar-refractivity contribution in [3.05, 3.63) is 23.9 Å². The molecule has 1 unspecified atom stereocenters. The lowest BCUT2D eigenvalue weighted by Gasteiger charge is -2.38. The van der Waals surface area contributed by atoms with Crippen LogP contribution in [0, 0.1) is 0 Å². The number of hydrogen-bond acceptors (Lipinski definition) is 3. The molecule has 0 amide bonds. The molecule has 0 aromatic rings. The van der Waals surface area contributed by atoms with E-state index in [4.69, 9.17) is 5.73 Å². The lowest BCUT2D eigenvalue weighted by Crippen LogP contribution is -2.48. The molecule has 14 heavy (non-hydrogen) atoms. The van der Waals surface area contributed by atoms with Gasteiger partial charge >= 0.3 is 0 Å². The third kappa shape index (κ3) is 1.12. The van der Waals surface area contributed by atoms with Gasteiger partial charge in [-0.25, -0.2) is 0 Å². The van der Waals surface area contributed by atoms with Crippen molar-refractivity contribution in [1.82, 2.24) is 4.90 Å². The van der Waals surface area contributed by atoms with Crippen LogP contribution in [0.1, 0.15) is 25.7 Å². The normalized spacial score (nSPS) is 32.5. The molecule has 1 fully saturated rings. The molecule has 3 rings (SSSR count). The van der Waals surface area contributed by atoms with Crippen molar-refractivity contribution >= 4 is 6.21 Å². The molecule has 0 aromatic carbocycles. The predicted octanol–water partition coefficient (Wildman–Crippen LogP) is 1.38. The molecule has 1 saturated carbocycles. The van der Waals surface area contributed by atoms with Gasteiger partial charge in [-0.15, -0.1) is 0 Å². The summed E-state index contributed by atoms with van der Waals surface area (Å²) >= 11 is 0. The molecule has 1 atom stereocenters. The van der Waals surface area contributed by atoms with Gasteiger partial charge in [-0.05, 0) is 31.0 Å². The Morgan fingerprint density at radius 2 is 2.36 bits per heavy atom. The Morgan fingerprint density at radius 1 is 1.50 bits per heavy atom. The molecule has 3 heteroatoms. The summed E-state index contributed by atoms with van der Waals surface area (Å²) in [6.07, 6.45) is 13.0. The molecule has 3 nitrogen and oxygen atoms in total. The summed E-state index contributed by atoms with van der Waals surface area (Å²) in [5.41, 5.74) is 7.51. The summed E-state index contributed by atoms with van der Waals surface area (Å²) < 4.78 is 0. The van der Waals surface area contributed by atoms with E-state index in [0.29, 0.717) is 0 Å². The lowest BCUT2D eigenvalue weighted by atomic mass is 10.0. The van der Waals surface area contributed by atoms with Crippen LogP contribution >= 0.6 is 0 Å². The van der Waals surface area contributed by atoms with Gasteiger partial charge in [0.2, 0.25) is 0 Å². The van der Waals surface area contributed by atoms with Gasteiger partial charge in [-0.3, -0.25) is 4.99 Å². The zero-order chi connectivity index (χ0) is 9.60. The fourth-order valence-electron chi connectivity index (χ4n) is 2.17. The number of nitrogens with two attached hydrogens (primary N) is 1. The number of nitrogens with zero attached hydrogens (tertiary/aromatic N) is 2. The van der Waals surface area contributed by atoms with E-state index in [1.807, 2.05) is 6.21 Å². The van der Waals surface area contributed by atoms with Crippen LogP contribution in [0.4, 0.5) is 0 Å². The largest absolute Gasteiger partial charge is 0.335 e. The van der Waals surface area contributed by atoms with E-state index in [9.17, 15) is 0 Å². The van der Waals surface area contributed by atoms with E-state index in [1.54, 1.807) is 0 Å². The number of rotatable bonds is 1. The number of aliphatic imine (C=N–C) groups is 1. The van der Waals surface area contributed by atoms with Crippen LogP contribution in [0.15, 0.2) is 28.9 Å². The Balaban J connectivity index is 1.94. The highest BCUT2D eigenvalue weighted by Gasteiger charge is 2.47. The highest BCUT2D eigenvalue weighted by molar-refractivity contribution is 5.62. The zero-order valence-corrected chi connectivity index (χ0v) is 8.19. The van der Waals surface area contributed by atoms with Gasteiger partial charge in [0.15, 0.2) is 0 Å². The van der Waals surface area contributed by atoms with Crippen LogP contribution in [0.5, 0.6) is 0 Å². The van der Waals surface area contributed by atoms with Crippen LogP contribution in [0.3, 0.4) is 0 Å². The standard InChI is InChI=1S/C11H15N3/c12-11(5-6-11)14-8-2-4-9-3-1-7-13-10(9)14/h2-3,7-8,10H,1,4-6,12H2. The Bertz CT molecular complexity index is 336. The molecule has 74 valence electrons. The van der Waals surface area contributed by atoms with Crippen molar-refractivity contribution < 1.29 is 0 Å². The highest BCUT2D eigenvalue weighted by Crippen LogP contribution is 2.41. The Morgan fingerprint density at radius 3 is 3.14 bits per heavy atom. The first-order valence-corrected chi connectivity index (χ1v) is 5.24. The summed E-state index contributed by atoms with van der Waals surface area (Å²) in [6, 6.07) is 0. The minimum absolute atomic E-state index is 0.102. The first kappa shape index (κ1) is 8.24. The maximum atomic E-state index is 6.20. The molecule has 0 radical (unpaired) electrons. The third-order valence-corrected chi connectivity index (χ3v) is 3.22. The lowest BCUT2D eigenvalue weighted by molar-refractivity contribution is 0.206. The SMILES string of the molecule is NC1(N2C=CCC3=CCC=NC32)CC1. The molecule has 1 aliphatic carbocycles. The molecule has 0 saturated heterocycles. The molecule has 3 aliphatic rings. The molecule has 0 spiro atoms. The predicted molar refractivity (Wildman–Crippen MR) is 56.7 cm³/mol. The highest BCUT2D eigenvalue weighted by atomic mass is 15.4. The first-order valence-electron chi connectivity index (χ1n) is 5.24. The van der Waals surface area contributed by atoms with Gasteiger partial charge in [0.1, 0.15) is 6.17 Å². The van der Waals surface area contributed by atoms with Crippen molar-refractivity contribution in [2.24, 2.45) is 10.7 Å². The summed E-state index contributed by atoms with van der Waals surface area (Å²) in [5.74, 6) is 0. The van der Waals surface area contributed by atoms with Crippen molar-refractivity contribution in [1.29, 1.82) is 0 Å². The van der Waals surface area contributed by atoms with Crippen LogP contribution in [-0.4, -0.2) is 22.9 Å². The van der Waals surface area contributed by atoms with E-state index >= 15 is 0 Å². The summed E-state index contributed by atoms with van der Waals surface area (Å²) in [4.78, 5) is 6.76. The fraction of sp³-hybridized carbons (Fsp3) is 0.545. The summed E-state index contributed by atoms with van der Waals surface area (Å²) in [5, 5.41) is 0. The third-order valence-electron chi connectivity index (χ3n) is 3.22. The second kappa shape index (κ2) is 2.70. The number of dihydropyridines is 1. The quantitative estimate of drug-likeness (QED) is 0.633. The average Bonchev–Trinajstić information content (AvgIpc) is 2.97. The Labute approximate surface area is 84.0 Å². The number of fused-ring (bicyclic) bond motifs is 1. The van der Waals surface area contributed by atoms with Gasteiger partial charge in [0, 0.05) is 12.6 Å². The molecule has 2 aliphatic heterocycles. The van der Waals surface area contributed by atoms with Crippen LogP contribution in [-0.2, 0) is 0 Å². The molecular weight excluding hydrogens is 174 g/mol. The van der Waals surface area contributed by atoms with Crippen LogP contribution in [0.25, 0.3) is 0 Å². The van der Waals surface area contributed by atoms with Crippen LogP contribution < -0.4 is 5.73 Å². The Hall–Kier alpha value is -1.09. The minimum atomic E-state index is -0.102. The molecule has 0 bridgehead atoms. The second-order valence-corrected chi connectivity index (χ2v) is 4.32. The van der Waals surface area contributed by atoms with Crippen LogP contribution in [0.2, 0.25) is 0 Å². The van der Waals surface area contributed by atoms with Gasteiger partial charge in [-0.2, -0.15) is 0 Å². The minimum Gasteiger partial charge on any atom is -0.335 e. The monoisotopic (exact) mass is 189 g/mol. The zero-order valence-electron chi connectivity index (χ0n) is 8.19. The van der Waals surface area contributed by atoms with Gasteiger partial charge in [0.25, 0.3) is 0 Å². The Kier molecular flexibility index (Phi) is 1.59. The first-order chi connectivity index (χ1) is 6.80. The van der Waals surface area contributed by atoms with E-state index < -0.39 is 0 Å². The summed E-state index contributed by atoms with van der Waals surface area (Å²) in [6.45, 7) is 0. The van der Waals surface area contributed by atoms with Crippen molar-refractivity contribution in [2.75, 3.05) is 0 Å². The number of allylic oxidation sites excluding steroid dienone is 2. The molecular formula is C11H15N3. The molecule has 2 heterocycles. The molecule has 0 aromatic heterocycles. The van der Waals surface area contributed by atoms with Gasteiger partial charge < -0.3 is 10.6 Å². The maximum Gasteiger partial charge on any atom is 0.143 e. The maximum absolute atomic E-state index is 6.20. The smallest absolute Gasteiger partial charge is 0.143 e. The van der Waals surface area contributed by atoms with Gasteiger partial charge in [0.05, 0.1) is 5.66 Å². The molecule has 2 N–H and O–H groups in total. The fourth-order valence-corrected chi connectivity index (χ4v) is 2.17. The second-order valence-electron chi connectivity index (χ2n) is 4.32. The van der Waals surface area contributed by atoms with Crippen molar-refractivity contribution in [2.45, 2.75) is 37.5 Å². The van der Waals surface area contributed by atoms with E-state index in [0.717, 1.165) is 25.7 Å². The van der Waals surface area contributed by atoms with Crippen molar-refractivity contribution in [3.8, 4) is 0 Å². The van der Waals surface area contributed by atoms with E-state index in [1.165, 1.54) is 5.57 Å². The van der Waals surface area contributed by atoms with E-state index in [2.05, 4.69) is 28.2 Å². The van der Waals surface area contributed by atoms with E-state index in [-0.39, 0.29) is 11.8 Å². The van der Waals surface area contributed by atoms with Crippen molar-refractivity contribution in [3.63, 3.8) is 0 Å². The summed E-state index contributed by atoms with van der Waals surface area (Å²) in [7, 11) is 0. The van der Waals surface area contributed by atoms with Gasteiger partial charge in [-0.1, -0.05) is 12.2 Å². The average molecular weight is 189 g/mol. The topological polar surface area (TPSA) is 41.6 Å². The number of hydrogen-bond donors (Lipinski definition) is 1.